The molecule has 0 radical (unpaired) electrons. The third-order valence-corrected chi connectivity index (χ3v) is 3.97. The van der Waals surface area contributed by atoms with E-state index in [4.69, 9.17) is 4.42 Å². The van der Waals surface area contributed by atoms with Gasteiger partial charge in [-0.25, -0.2) is 0 Å². The van der Waals surface area contributed by atoms with E-state index in [0.29, 0.717) is 0 Å². The van der Waals surface area contributed by atoms with Crippen LogP contribution in [-0.2, 0) is 10.4 Å². The molecule has 2 aromatic rings. The molecule has 1 aromatic heterocycles. The van der Waals surface area contributed by atoms with Crippen molar-refractivity contribution in [1.29, 1.82) is 0 Å². The average molecular weight is 302 g/mol. The fourth-order valence-corrected chi connectivity index (χ4v) is 2.69. The molecule has 0 aliphatic heterocycles. The lowest BCUT2D eigenvalue weighted by atomic mass is 9.79. The molecular formula is C16H14O6. The number of hydrogen-bond donors (Lipinski definition) is 3. The molecule has 1 aliphatic carbocycles. The van der Waals surface area contributed by atoms with Crippen molar-refractivity contribution in [3.05, 3.63) is 46.3 Å². The minimum Gasteiger partial charge on any atom is -0.508 e. The van der Waals surface area contributed by atoms with Crippen molar-refractivity contribution in [2.45, 2.75) is 18.9 Å². The molecule has 6 nitrogen and oxygen atoms in total. The van der Waals surface area contributed by atoms with Gasteiger partial charge in [-0.3, -0.25) is 9.59 Å². The summed E-state index contributed by atoms with van der Waals surface area (Å²) in [5.41, 5.74) is -2.17. The summed E-state index contributed by atoms with van der Waals surface area (Å²) in [5, 5.41) is 29.9. The zero-order valence-corrected chi connectivity index (χ0v) is 11.7. The lowest BCUT2D eigenvalue weighted by Crippen LogP contribution is -2.36. The quantitative estimate of drug-likeness (QED) is 0.737. The normalized spacial score (nSPS) is 24.8. The minimum absolute atomic E-state index is 0.0359. The molecule has 0 spiro atoms. The van der Waals surface area contributed by atoms with E-state index >= 15 is 0 Å². The maximum Gasteiger partial charge on any atom is 0.196 e. The summed E-state index contributed by atoms with van der Waals surface area (Å²) in [4.78, 5) is 23.6. The van der Waals surface area contributed by atoms with Crippen LogP contribution in [0.25, 0.3) is 11.0 Å². The first kappa shape index (κ1) is 14.3. The predicted octanol–water partition coefficient (Wildman–Crippen LogP) is 1.56. The Kier molecular flexibility index (Phi) is 3.07. The lowest BCUT2D eigenvalue weighted by molar-refractivity contribution is -0.119. The Morgan fingerprint density at radius 2 is 1.95 bits per heavy atom. The second kappa shape index (κ2) is 4.71. The predicted molar refractivity (Wildman–Crippen MR) is 77.6 cm³/mol. The average Bonchev–Trinajstić information content (AvgIpc) is 2.42. The summed E-state index contributed by atoms with van der Waals surface area (Å²) in [5.74, 6) is -1.29. The van der Waals surface area contributed by atoms with Crippen LogP contribution in [0.5, 0.6) is 11.5 Å². The number of aromatic hydroxyl groups is 2. The van der Waals surface area contributed by atoms with Gasteiger partial charge < -0.3 is 19.7 Å². The number of aliphatic hydroxyl groups is 1. The molecule has 3 rings (SSSR count). The Morgan fingerprint density at radius 1 is 1.23 bits per heavy atom. The SMILES string of the molecule is CC1CC(=O)C=CC1(O)c1cc(=O)c2c(O)cc(O)cc2o1. The van der Waals surface area contributed by atoms with Gasteiger partial charge in [0.05, 0.1) is 0 Å². The number of hydrogen-bond acceptors (Lipinski definition) is 6. The number of fused-ring (bicyclic) bond motifs is 1. The Balaban J connectivity index is 2.27. The Labute approximate surface area is 124 Å². The molecule has 0 bridgehead atoms. The van der Waals surface area contributed by atoms with Crippen LogP contribution in [0.1, 0.15) is 19.1 Å². The lowest BCUT2D eigenvalue weighted by Gasteiger charge is -2.32. The Bertz CT molecular complexity index is 863. The second-order valence-electron chi connectivity index (χ2n) is 5.54. The van der Waals surface area contributed by atoms with Crippen molar-refractivity contribution in [3.8, 4) is 11.5 Å². The van der Waals surface area contributed by atoms with Crippen molar-refractivity contribution in [3.63, 3.8) is 0 Å². The monoisotopic (exact) mass is 302 g/mol. The molecule has 1 heterocycles. The van der Waals surface area contributed by atoms with E-state index in [1.54, 1.807) is 6.92 Å². The Morgan fingerprint density at radius 3 is 2.64 bits per heavy atom. The molecule has 2 atom stereocenters. The van der Waals surface area contributed by atoms with Gasteiger partial charge in [-0.05, 0) is 12.2 Å². The first-order valence-electron chi connectivity index (χ1n) is 6.76. The smallest absolute Gasteiger partial charge is 0.196 e. The van der Waals surface area contributed by atoms with E-state index in [2.05, 4.69) is 0 Å². The minimum atomic E-state index is -1.59. The molecule has 0 saturated heterocycles. The number of carbonyl (C=O) groups is 1. The van der Waals surface area contributed by atoms with Gasteiger partial charge in [0.2, 0.25) is 0 Å². The largest absolute Gasteiger partial charge is 0.508 e. The van der Waals surface area contributed by atoms with Crippen molar-refractivity contribution < 1.29 is 24.5 Å². The summed E-state index contributed by atoms with van der Waals surface area (Å²) in [6.45, 7) is 1.67. The molecule has 0 amide bonds. The third kappa shape index (κ3) is 2.08. The zero-order chi connectivity index (χ0) is 16.1. The van der Waals surface area contributed by atoms with Crippen LogP contribution in [0.3, 0.4) is 0 Å². The first-order chi connectivity index (χ1) is 10.3. The maximum atomic E-state index is 12.2. The fourth-order valence-electron chi connectivity index (χ4n) is 2.69. The van der Waals surface area contributed by atoms with Gasteiger partial charge >= 0.3 is 0 Å². The van der Waals surface area contributed by atoms with Gasteiger partial charge in [0.15, 0.2) is 11.2 Å². The summed E-state index contributed by atoms with van der Waals surface area (Å²) in [6.07, 6.45) is 2.68. The van der Waals surface area contributed by atoms with E-state index < -0.39 is 22.7 Å². The van der Waals surface area contributed by atoms with Crippen LogP contribution in [0.15, 0.2) is 39.6 Å². The van der Waals surface area contributed by atoms with Gasteiger partial charge in [0.1, 0.15) is 33.8 Å². The van der Waals surface area contributed by atoms with Crippen molar-refractivity contribution in [1.82, 2.24) is 0 Å². The summed E-state index contributed by atoms with van der Waals surface area (Å²) < 4.78 is 5.52. The van der Waals surface area contributed by atoms with Gasteiger partial charge in [-0.2, -0.15) is 0 Å². The second-order valence-corrected chi connectivity index (χ2v) is 5.54. The topological polar surface area (TPSA) is 108 Å². The maximum absolute atomic E-state index is 12.2. The van der Waals surface area contributed by atoms with Crippen LogP contribution < -0.4 is 5.43 Å². The number of allylic oxidation sites excluding steroid dienone is 1. The summed E-state index contributed by atoms with van der Waals surface area (Å²) in [7, 11) is 0. The Hall–Kier alpha value is -2.60. The molecular weight excluding hydrogens is 288 g/mol. The number of carbonyl (C=O) groups excluding carboxylic acids is 1. The standard InChI is InChI=1S/C16H14O6/c1-8-4-9(17)2-3-16(8,21)14-7-12(20)15-11(19)5-10(18)6-13(15)22-14/h2-3,5-8,18-19,21H,4H2,1H3. The van der Waals surface area contributed by atoms with Crippen LogP contribution >= 0.6 is 0 Å². The molecule has 0 saturated carbocycles. The molecule has 1 aromatic carbocycles. The summed E-state index contributed by atoms with van der Waals surface area (Å²) >= 11 is 0. The van der Waals surface area contributed by atoms with Crippen molar-refractivity contribution >= 4 is 16.8 Å². The van der Waals surface area contributed by atoms with E-state index in [1.807, 2.05) is 0 Å². The molecule has 0 fully saturated rings. The van der Waals surface area contributed by atoms with E-state index in [-0.39, 0.29) is 34.7 Å². The highest BCUT2D eigenvalue weighted by atomic mass is 16.4. The van der Waals surface area contributed by atoms with E-state index in [9.17, 15) is 24.9 Å². The highest BCUT2D eigenvalue weighted by Gasteiger charge is 2.40. The molecule has 6 heteroatoms. The first-order valence-corrected chi connectivity index (χ1v) is 6.76. The molecule has 1 aliphatic rings. The van der Waals surface area contributed by atoms with Gasteiger partial charge in [0, 0.05) is 30.5 Å². The molecule has 114 valence electrons. The fraction of sp³-hybridized carbons (Fsp3) is 0.250. The highest BCUT2D eigenvalue weighted by Crippen LogP contribution is 2.38. The molecule has 22 heavy (non-hydrogen) atoms. The van der Waals surface area contributed by atoms with Crippen LogP contribution in [0.2, 0.25) is 0 Å². The number of rotatable bonds is 1. The van der Waals surface area contributed by atoms with Gasteiger partial charge in [-0.15, -0.1) is 0 Å². The number of phenols is 2. The zero-order valence-electron chi connectivity index (χ0n) is 11.7. The van der Waals surface area contributed by atoms with Crippen LogP contribution in [0, 0.1) is 5.92 Å². The number of phenolic OH excluding ortho intramolecular Hbond substituents is 2. The van der Waals surface area contributed by atoms with Crippen molar-refractivity contribution in [2.75, 3.05) is 0 Å². The van der Waals surface area contributed by atoms with E-state index in [1.165, 1.54) is 18.2 Å². The van der Waals surface area contributed by atoms with Crippen LogP contribution in [0.4, 0.5) is 0 Å². The molecule has 2 unspecified atom stereocenters. The highest BCUT2D eigenvalue weighted by molar-refractivity contribution is 5.91. The number of benzene rings is 1. The van der Waals surface area contributed by atoms with E-state index in [0.717, 1.165) is 12.1 Å². The van der Waals surface area contributed by atoms with Crippen molar-refractivity contribution in [2.24, 2.45) is 5.92 Å². The third-order valence-electron chi connectivity index (χ3n) is 3.97. The van der Waals surface area contributed by atoms with Gasteiger partial charge in [-0.1, -0.05) is 6.92 Å². The summed E-state index contributed by atoms with van der Waals surface area (Å²) in [6, 6.07) is 3.32. The van der Waals surface area contributed by atoms with Crippen LogP contribution in [-0.4, -0.2) is 21.1 Å². The van der Waals surface area contributed by atoms with Gasteiger partial charge in [0.25, 0.3) is 0 Å². The number of ketones is 1. The molecule has 3 N–H and O–H groups in total.